The Labute approximate surface area is 244 Å². The van der Waals surface area contributed by atoms with Crippen molar-refractivity contribution in [2.24, 2.45) is 5.92 Å². The Hall–Kier alpha value is -3.79. The summed E-state index contributed by atoms with van der Waals surface area (Å²) in [6.45, 7) is 6.61. The highest BCUT2D eigenvalue weighted by Crippen LogP contribution is 2.46. The monoisotopic (exact) mass is 572 g/mol. The van der Waals surface area contributed by atoms with Crippen LogP contribution in [0.5, 0.6) is 0 Å². The molecule has 0 saturated carbocycles. The summed E-state index contributed by atoms with van der Waals surface area (Å²) in [5.41, 5.74) is 4.01. The summed E-state index contributed by atoms with van der Waals surface area (Å²) in [4.78, 5) is 49.9. The van der Waals surface area contributed by atoms with E-state index in [0.29, 0.717) is 32.1 Å². The van der Waals surface area contributed by atoms with Gasteiger partial charge in [-0.05, 0) is 36.5 Å². The number of rotatable bonds is 7. The van der Waals surface area contributed by atoms with E-state index in [4.69, 9.17) is 0 Å². The quantitative estimate of drug-likeness (QED) is 0.435. The Kier molecular flexibility index (Phi) is 7.75. The summed E-state index contributed by atoms with van der Waals surface area (Å²) in [7, 11) is 0. The zero-order chi connectivity index (χ0) is 28.5. The zero-order valence-electron chi connectivity index (χ0n) is 23.5. The summed E-state index contributed by atoms with van der Waals surface area (Å²) in [5, 5.41) is 2.40. The summed E-state index contributed by atoms with van der Waals surface area (Å²) in [6, 6.07) is 16.0. The lowest BCUT2D eigenvalue weighted by Gasteiger charge is -2.40. The molecule has 41 heavy (non-hydrogen) atoms. The largest absolute Gasteiger partial charge is 0.342 e. The predicted octanol–water partition coefficient (Wildman–Crippen LogP) is 4.90. The Morgan fingerprint density at radius 1 is 1.07 bits per heavy atom. The molecule has 0 bridgehead atoms. The van der Waals surface area contributed by atoms with Crippen LogP contribution in [-0.2, 0) is 16.1 Å². The summed E-state index contributed by atoms with van der Waals surface area (Å²) in [6.07, 6.45) is 7.07. The standard InChI is InChI=1S/C31H36N6O3S/c1-21(2)18-37-29(39)27(41-30(37)24-8-4-6-10-26(24)35-16-13-32-20-35)17-28(38)34-14-11-23(12-15-34)36-19-22-7-3-5-9-25(22)33-31(36)40/h3-10,13,16,20-21,23,27,30H,11-12,14-15,17-19H2,1-2H3,(H,33,40). The van der Waals surface area contributed by atoms with Crippen molar-refractivity contribution < 1.29 is 14.4 Å². The second-order valence-corrected chi connectivity index (χ2v) is 12.7. The molecular formula is C31H36N6O3S. The van der Waals surface area contributed by atoms with Gasteiger partial charge in [0.15, 0.2) is 0 Å². The Morgan fingerprint density at radius 2 is 1.83 bits per heavy atom. The topological polar surface area (TPSA) is 90.8 Å². The lowest BCUT2D eigenvalue weighted by Crippen LogP contribution is -2.51. The molecule has 2 atom stereocenters. The first kappa shape index (κ1) is 27.4. The van der Waals surface area contributed by atoms with E-state index in [1.54, 1.807) is 24.3 Å². The van der Waals surface area contributed by atoms with Crippen LogP contribution in [0, 0.1) is 5.92 Å². The molecule has 2 unspecified atom stereocenters. The van der Waals surface area contributed by atoms with Crippen LogP contribution in [0.25, 0.3) is 5.69 Å². The van der Waals surface area contributed by atoms with E-state index < -0.39 is 5.25 Å². The minimum atomic E-state index is -0.427. The average molecular weight is 573 g/mol. The SMILES string of the molecule is CC(C)CN1C(=O)C(CC(=O)N2CCC(N3Cc4ccccc4NC3=O)CC2)SC1c1ccccc1-n1ccnc1. The van der Waals surface area contributed by atoms with Gasteiger partial charge in [-0.15, -0.1) is 11.8 Å². The van der Waals surface area contributed by atoms with Crippen LogP contribution in [0.3, 0.4) is 0 Å². The molecular weight excluding hydrogens is 536 g/mol. The van der Waals surface area contributed by atoms with Gasteiger partial charge in [-0.25, -0.2) is 9.78 Å². The molecule has 2 fully saturated rings. The Morgan fingerprint density at radius 3 is 2.59 bits per heavy atom. The number of fused-ring (bicyclic) bond motifs is 1. The van der Waals surface area contributed by atoms with E-state index in [1.165, 1.54) is 0 Å². The number of hydrogen-bond acceptors (Lipinski definition) is 5. The fourth-order valence-corrected chi connectivity index (χ4v) is 7.59. The number of nitrogens with one attached hydrogen (secondary N) is 1. The summed E-state index contributed by atoms with van der Waals surface area (Å²) in [5.74, 6) is 0.340. The van der Waals surface area contributed by atoms with E-state index in [2.05, 4.69) is 30.2 Å². The first-order valence-electron chi connectivity index (χ1n) is 14.4. The van der Waals surface area contributed by atoms with E-state index in [1.807, 2.05) is 67.9 Å². The predicted molar refractivity (Wildman–Crippen MR) is 159 cm³/mol. The van der Waals surface area contributed by atoms with Crippen molar-refractivity contribution in [3.8, 4) is 5.69 Å². The molecule has 2 aromatic carbocycles. The van der Waals surface area contributed by atoms with Crippen molar-refractivity contribution in [2.45, 2.75) is 56.3 Å². The van der Waals surface area contributed by atoms with E-state index in [-0.39, 0.29) is 35.7 Å². The molecule has 1 aromatic heterocycles. The lowest BCUT2D eigenvalue weighted by atomic mass is 10.0. The molecule has 4 heterocycles. The zero-order valence-corrected chi connectivity index (χ0v) is 24.3. The highest BCUT2D eigenvalue weighted by Gasteiger charge is 2.43. The second kappa shape index (κ2) is 11.6. The number of carbonyl (C=O) groups is 3. The summed E-state index contributed by atoms with van der Waals surface area (Å²) < 4.78 is 1.97. The van der Waals surface area contributed by atoms with Gasteiger partial charge in [-0.2, -0.15) is 0 Å². The van der Waals surface area contributed by atoms with Crippen LogP contribution >= 0.6 is 11.8 Å². The molecule has 3 aromatic rings. The first-order valence-corrected chi connectivity index (χ1v) is 15.3. The Balaban J connectivity index is 1.12. The van der Waals surface area contributed by atoms with Gasteiger partial charge in [0.25, 0.3) is 0 Å². The van der Waals surface area contributed by atoms with Crippen LogP contribution in [0.15, 0.2) is 67.3 Å². The van der Waals surface area contributed by atoms with Crippen molar-refractivity contribution in [3.05, 3.63) is 78.4 Å². The normalized spacial score (nSPS) is 21.4. The minimum absolute atomic E-state index is 0.00998. The van der Waals surface area contributed by atoms with E-state index >= 15 is 0 Å². The molecule has 10 heteroatoms. The molecule has 2 saturated heterocycles. The van der Waals surface area contributed by atoms with E-state index in [9.17, 15) is 14.4 Å². The number of urea groups is 1. The molecule has 3 aliphatic heterocycles. The molecule has 0 aliphatic carbocycles. The number of para-hydroxylation sites is 2. The molecule has 9 nitrogen and oxygen atoms in total. The minimum Gasteiger partial charge on any atom is -0.342 e. The summed E-state index contributed by atoms with van der Waals surface area (Å²) >= 11 is 1.58. The van der Waals surface area contributed by atoms with Crippen LogP contribution in [0.1, 0.15) is 49.6 Å². The maximum absolute atomic E-state index is 13.7. The van der Waals surface area contributed by atoms with Gasteiger partial charge in [0, 0.05) is 62.3 Å². The molecule has 214 valence electrons. The van der Waals surface area contributed by atoms with Gasteiger partial charge in [-0.1, -0.05) is 50.2 Å². The third-order valence-corrected chi connectivity index (χ3v) is 9.62. The smallest absolute Gasteiger partial charge is 0.322 e. The van der Waals surface area contributed by atoms with Gasteiger partial charge >= 0.3 is 6.03 Å². The van der Waals surface area contributed by atoms with Crippen molar-refractivity contribution in [3.63, 3.8) is 0 Å². The third-order valence-electron chi connectivity index (χ3n) is 8.16. The van der Waals surface area contributed by atoms with Crippen molar-refractivity contribution in [1.82, 2.24) is 24.3 Å². The maximum Gasteiger partial charge on any atom is 0.322 e. The van der Waals surface area contributed by atoms with Crippen LogP contribution in [0.4, 0.5) is 10.5 Å². The molecule has 4 amide bonds. The maximum atomic E-state index is 13.7. The van der Waals surface area contributed by atoms with E-state index in [0.717, 1.165) is 35.3 Å². The number of imidazole rings is 1. The number of carbonyl (C=O) groups excluding carboxylic acids is 3. The number of hydrogen-bond donors (Lipinski definition) is 1. The highest BCUT2D eigenvalue weighted by atomic mass is 32.2. The number of anilines is 1. The Bertz CT molecular complexity index is 1420. The first-order chi connectivity index (χ1) is 19.9. The fraction of sp³-hybridized carbons (Fsp3) is 0.419. The second-order valence-electron chi connectivity index (χ2n) is 11.4. The number of thioether (sulfide) groups is 1. The number of benzene rings is 2. The molecule has 0 spiro atoms. The van der Waals surface area contributed by atoms with Gasteiger partial charge < -0.3 is 24.6 Å². The number of aromatic nitrogens is 2. The number of likely N-dealkylation sites (tertiary alicyclic amines) is 1. The van der Waals surface area contributed by atoms with Gasteiger partial charge in [-0.3, -0.25) is 9.59 Å². The number of piperidine rings is 1. The van der Waals surface area contributed by atoms with Gasteiger partial charge in [0.1, 0.15) is 5.37 Å². The van der Waals surface area contributed by atoms with Crippen molar-refractivity contribution in [1.29, 1.82) is 0 Å². The highest BCUT2D eigenvalue weighted by molar-refractivity contribution is 8.01. The van der Waals surface area contributed by atoms with Gasteiger partial charge in [0.2, 0.25) is 11.8 Å². The average Bonchev–Trinajstić information content (AvgIpc) is 3.62. The molecule has 6 rings (SSSR count). The molecule has 0 radical (unpaired) electrons. The molecule has 1 N–H and O–H groups in total. The van der Waals surface area contributed by atoms with Crippen molar-refractivity contribution in [2.75, 3.05) is 25.0 Å². The number of nitrogens with zero attached hydrogens (tertiary/aromatic N) is 5. The lowest BCUT2D eigenvalue weighted by molar-refractivity contribution is -0.137. The number of amides is 4. The molecule has 3 aliphatic rings. The third kappa shape index (κ3) is 5.57. The van der Waals surface area contributed by atoms with Gasteiger partial charge in [0.05, 0.1) is 17.3 Å². The van der Waals surface area contributed by atoms with Crippen LogP contribution in [-0.4, -0.2) is 73.0 Å². The van der Waals surface area contributed by atoms with Crippen LogP contribution < -0.4 is 5.32 Å². The fourth-order valence-electron chi connectivity index (χ4n) is 6.11. The van der Waals surface area contributed by atoms with Crippen LogP contribution in [0.2, 0.25) is 0 Å². The van der Waals surface area contributed by atoms with Crippen molar-refractivity contribution >= 4 is 35.3 Å².